The number of nitrogens with zero attached hydrogens (tertiary/aromatic N) is 4. The first-order valence-corrected chi connectivity index (χ1v) is 9.89. The summed E-state index contributed by atoms with van der Waals surface area (Å²) in [5.74, 6) is 1.47. The number of piperazine rings is 1. The first-order chi connectivity index (χ1) is 13.7. The van der Waals surface area contributed by atoms with Gasteiger partial charge in [-0.05, 0) is 49.9 Å². The minimum atomic E-state index is 0.547. The number of rotatable bonds is 6. The van der Waals surface area contributed by atoms with Crippen LogP contribution in [0.25, 0.3) is 0 Å². The summed E-state index contributed by atoms with van der Waals surface area (Å²) in [6.45, 7) is 4.31. The van der Waals surface area contributed by atoms with Gasteiger partial charge in [-0.3, -0.25) is 0 Å². The van der Waals surface area contributed by atoms with Gasteiger partial charge < -0.3 is 19.5 Å². The van der Waals surface area contributed by atoms with Crippen LogP contribution in [0, 0.1) is 0 Å². The maximum Gasteiger partial charge on any atom is 0.227 e. The summed E-state index contributed by atoms with van der Waals surface area (Å²) in [7, 11) is 2.17. The summed E-state index contributed by atoms with van der Waals surface area (Å²) >= 11 is 6.26. The molecule has 1 aliphatic heterocycles. The summed E-state index contributed by atoms with van der Waals surface area (Å²) in [5, 5.41) is 3.84. The number of furan rings is 1. The van der Waals surface area contributed by atoms with E-state index in [0.717, 1.165) is 49.7 Å². The fraction of sp³-hybridized carbons (Fsp3) is 0.333. The van der Waals surface area contributed by atoms with Crippen LogP contribution in [-0.4, -0.2) is 48.1 Å². The summed E-state index contributed by atoms with van der Waals surface area (Å²) in [4.78, 5) is 13.6. The van der Waals surface area contributed by atoms with Crippen LogP contribution in [0.3, 0.4) is 0 Å². The van der Waals surface area contributed by atoms with Crippen LogP contribution >= 0.6 is 11.6 Å². The first-order valence-electron chi connectivity index (χ1n) is 9.52. The number of likely N-dealkylation sites (N-methyl/N-ethyl adjacent to an activating group) is 1. The predicted molar refractivity (Wildman–Crippen MR) is 113 cm³/mol. The number of halogens is 1. The Labute approximate surface area is 170 Å². The van der Waals surface area contributed by atoms with Crippen molar-refractivity contribution in [1.29, 1.82) is 0 Å². The van der Waals surface area contributed by atoms with Crippen molar-refractivity contribution in [2.24, 2.45) is 0 Å². The number of hydrogen-bond acceptors (Lipinski definition) is 6. The average Bonchev–Trinajstić information content (AvgIpc) is 3.23. The second-order valence-electron chi connectivity index (χ2n) is 7.03. The Morgan fingerprint density at radius 3 is 2.57 bits per heavy atom. The van der Waals surface area contributed by atoms with E-state index in [-0.39, 0.29) is 0 Å². The average molecular weight is 398 g/mol. The molecule has 0 bridgehead atoms. The Bertz CT molecular complexity index is 890. The van der Waals surface area contributed by atoms with Gasteiger partial charge in [0.05, 0.1) is 23.2 Å². The molecule has 0 amide bonds. The van der Waals surface area contributed by atoms with Crippen LogP contribution in [0.15, 0.2) is 53.3 Å². The molecule has 1 N–H and O–H groups in total. The normalized spacial score (nSPS) is 15.0. The molecular formula is C21H24ClN5O. The van der Waals surface area contributed by atoms with Crippen LogP contribution in [0.2, 0.25) is 5.02 Å². The summed E-state index contributed by atoms with van der Waals surface area (Å²) in [5.41, 5.74) is 3.01. The molecule has 0 atom stereocenters. The standard InChI is InChI=1S/C21H24ClN5O/c1-26-10-12-27(13-11-26)17-6-4-16(5-7-17)24-21-23-15-19(22)20(25-21)9-8-18-3-2-14-28-18/h2-7,14-15H,8-13H2,1H3,(H,23,24,25). The van der Waals surface area contributed by atoms with Gasteiger partial charge in [0.25, 0.3) is 0 Å². The zero-order valence-corrected chi connectivity index (χ0v) is 16.7. The van der Waals surface area contributed by atoms with Crippen LogP contribution in [-0.2, 0) is 12.8 Å². The zero-order valence-electron chi connectivity index (χ0n) is 15.9. The molecule has 4 rings (SSSR count). The molecule has 0 radical (unpaired) electrons. The lowest BCUT2D eigenvalue weighted by Crippen LogP contribution is -2.44. The van der Waals surface area contributed by atoms with E-state index in [1.165, 1.54) is 5.69 Å². The van der Waals surface area contributed by atoms with Crippen molar-refractivity contribution >= 4 is 28.9 Å². The highest BCUT2D eigenvalue weighted by atomic mass is 35.5. The maximum atomic E-state index is 6.26. The second-order valence-corrected chi connectivity index (χ2v) is 7.44. The van der Waals surface area contributed by atoms with Crippen LogP contribution in [0.4, 0.5) is 17.3 Å². The number of aryl methyl sites for hydroxylation is 2. The van der Waals surface area contributed by atoms with Crippen molar-refractivity contribution < 1.29 is 4.42 Å². The van der Waals surface area contributed by atoms with Crippen LogP contribution in [0.5, 0.6) is 0 Å². The minimum Gasteiger partial charge on any atom is -0.469 e. The Morgan fingerprint density at radius 1 is 1.07 bits per heavy atom. The van der Waals surface area contributed by atoms with E-state index in [1.54, 1.807) is 12.5 Å². The number of hydrogen-bond donors (Lipinski definition) is 1. The highest BCUT2D eigenvalue weighted by Crippen LogP contribution is 2.22. The number of aromatic nitrogens is 2. The molecule has 0 unspecified atom stereocenters. The van der Waals surface area contributed by atoms with E-state index in [2.05, 4.69) is 56.4 Å². The lowest BCUT2D eigenvalue weighted by Gasteiger charge is -2.34. The maximum absolute atomic E-state index is 6.26. The Morgan fingerprint density at radius 2 is 1.86 bits per heavy atom. The van der Waals surface area contributed by atoms with Crippen molar-refractivity contribution in [1.82, 2.24) is 14.9 Å². The second kappa shape index (κ2) is 8.63. The molecule has 1 aromatic carbocycles. The molecule has 7 heteroatoms. The monoisotopic (exact) mass is 397 g/mol. The van der Waals surface area contributed by atoms with Gasteiger partial charge in [-0.25, -0.2) is 9.97 Å². The topological polar surface area (TPSA) is 57.4 Å². The molecule has 2 aromatic heterocycles. The van der Waals surface area contributed by atoms with Crippen molar-refractivity contribution in [2.75, 3.05) is 43.4 Å². The van der Waals surface area contributed by atoms with Gasteiger partial charge in [0, 0.05) is 44.0 Å². The first kappa shape index (κ1) is 18.8. The Kier molecular flexibility index (Phi) is 5.78. The molecule has 1 fully saturated rings. The van der Waals surface area contributed by atoms with Gasteiger partial charge in [-0.1, -0.05) is 11.6 Å². The molecule has 3 aromatic rings. The van der Waals surface area contributed by atoms with E-state index in [4.69, 9.17) is 16.0 Å². The SMILES string of the molecule is CN1CCN(c2ccc(Nc3ncc(Cl)c(CCc4ccco4)n3)cc2)CC1. The van der Waals surface area contributed by atoms with Gasteiger partial charge in [0.1, 0.15) is 5.76 Å². The summed E-state index contributed by atoms with van der Waals surface area (Å²) in [6.07, 6.45) is 4.78. The minimum absolute atomic E-state index is 0.547. The highest BCUT2D eigenvalue weighted by molar-refractivity contribution is 6.31. The molecule has 1 saturated heterocycles. The summed E-state index contributed by atoms with van der Waals surface area (Å²) < 4.78 is 5.38. The van der Waals surface area contributed by atoms with Crippen molar-refractivity contribution in [3.8, 4) is 0 Å². The third-order valence-corrected chi connectivity index (χ3v) is 5.31. The molecule has 0 aliphatic carbocycles. The van der Waals surface area contributed by atoms with Crippen molar-refractivity contribution in [3.63, 3.8) is 0 Å². The third kappa shape index (κ3) is 4.64. The number of nitrogens with one attached hydrogen (secondary N) is 1. The molecule has 1 aliphatic rings. The van der Waals surface area contributed by atoms with Gasteiger partial charge >= 0.3 is 0 Å². The molecule has 28 heavy (non-hydrogen) atoms. The predicted octanol–water partition coefficient (Wildman–Crippen LogP) is 4.00. The molecule has 0 saturated carbocycles. The van der Waals surface area contributed by atoms with Gasteiger partial charge in [-0.2, -0.15) is 0 Å². The lowest BCUT2D eigenvalue weighted by atomic mass is 10.2. The zero-order chi connectivity index (χ0) is 19.3. The molecular weight excluding hydrogens is 374 g/mol. The molecule has 3 heterocycles. The fourth-order valence-electron chi connectivity index (χ4n) is 3.28. The molecule has 6 nitrogen and oxygen atoms in total. The lowest BCUT2D eigenvalue weighted by molar-refractivity contribution is 0.313. The Balaban J connectivity index is 1.40. The van der Waals surface area contributed by atoms with E-state index < -0.39 is 0 Å². The van der Waals surface area contributed by atoms with Crippen LogP contribution in [0.1, 0.15) is 11.5 Å². The van der Waals surface area contributed by atoms with Gasteiger partial charge in [0.15, 0.2) is 0 Å². The quantitative estimate of drug-likeness (QED) is 0.678. The molecule has 0 spiro atoms. The van der Waals surface area contributed by atoms with Gasteiger partial charge in [0.2, 0.25) is 5.95 Å². The van der Waals surface area contributed by atoms with Gasteiger partial charge in [-0.15, -0.1) is 0 Å². The largest absolute Gasteiger partial charge is 0.469 e. The van der Waals surface area contributed by atoms with E-state index in [1.807, 2.05) is 12.1 Å². The fourth-order valence-corrected chi connectivity index (χ4v) is 3.47. The van der Waals surface area contributed by atoms with E-state index >= 15 is 0 Å². The van der Waals surface area contributed by atoms with E-state index in [0.29, 0.717) is 17.4 Å². The number of benzene rings is 1. The number of anilines is 3. The highest BCUT2D eigenvalue weighted by Gasteiger charge is 2.14. The van der Waals surface area contributed by atoms with E-state index in [9.17, 15) is 0 Å². The van der Waals surface area contributed by atoms with Crippen molar-refractivity contribution in [3.05, 3.63) is 65.3 Å². The Hall–Kier alpha value is -2.57. The smallest absolute Gasteiger partial charge is 0.227 e. The molecule has 146 valence electrons. The summed E-state index contributed by atoms with van der Waals surface area (Å²) in [6, 6.07) is 12.2. The van der Waals surface area contributed by atoms with Crippen molar-refractivity contribution in [2.45, 2.75) is 12.8 Å². The van der Waals surface area contributed by atoms with Crippen LogP contribution < -0.4 is 10.2 Å². The third-order valence-electron chi connectivity index (χ3n) is 5.00.